The maximum Gasteiger partial charge on any atom is 0.356 e. The molecule has 0 fully saturated rings. The second-order valence-electron chi connectivity index (χ2n) is 4.93. The zero-order valence-electron chi connectivity index (χ0n) is 12.7. The van der Waals surface area contributed by atoms with Crippen LogP contribution in [0.3, 0.4) is 0 Å². The van der Waals surface area contributed by atoms with E-state index >= 15 is 0 Å². The molecule has 2 aromatic rings. The minimum Gasteiger partial charge on any atom is -0.476 e. The number of sulfone groups is 1. The molecule has 0 aliphatic heterocycles. The van der Waals surface area contributed by atoms with E-state index in [4.69, 9.17) is 5.11 Å². The molecule has 1 aromatic carbocycles. The van der Waals surface area contributed by atoms with Crippen LogP contribution in [-0.2, 0) is 9.84 Å². The normalized spacial score (nSPS) is 12.6. The molecule has 0 spiro atoms. The van der Waals surface area contributed by atoms with Crippen LogP contribution in [0.2, 0.25) is 0 Å². The Kier molecular flexibility index (Phi) is 4.95. The predicted octanol–water partition coefficient (Wildman–Crippen LogP) is 2.14. The van der Waals surface area contributed by atoms with Crippen molar-refractivity contribution in [2.45, 2.75) is 24.8 Å². The molecule has 23 heavy (non-hydrogen) atoms. The van der Waals surface area contributed by atoms with Gasteiger partial charge >= 0.3 is 5.97 Å². The van der Waals surface area contributed by atoms with E-state index in [0.717, 1.165) is 5.56 Å². The molecule has 2 N–H and O–H groups in total. The average Bonchev–Trinajstić information content (AvgIpc) is 2.55. The van der Waals surface area contributed by atoms with Gasteiger partial charge in [0.2, 0.25) is 0 Å². The van der Waals surface area contributed by atoms with Crippen LogP contribution in [0.15, 0.2) is 41.6 Å². The monoisotopic (exact) mass is 335 g/mol. The highest BCUT2D eigenvalue weighted by atomic mass is 32.2. The molecule has 122 valence electrons. The Bertz CT molecular complexity index is 786. The van der Waals surface area contributed by atoms with Crippen molar-refractivity contribution >= 4 is 21.6 Å². The van der Waals surface area contributed by atoms with Gasteiger partial charge in [-0.15, -0.1) is 0 Å². The van der Waals surface area contributed by atoms with Gasteiger partial charge in [0.1, 0.15) is 5.82 Å². The molecule has 1 aromatic heterocycles. The third-order valence-electron chi connectivity index (χ3n) is 3.35. The number of nitrogens with one attached hydrogen (secondary N) is 1. The van der Waals surface area contributed by atoms with Crippen molar-refractivity contribution in [2.75, 3.05) is 11.1 Å². The molecule has 0 aliphatic rings. The van der Waals surface area contributed by atoms with Gasteiger partial charge in [-0.3, -0.25) is 0 Å². The highest BCUT2D eigenvalue weighted by Crippen LogP contribution is 2.20. The summed E-state index contributed by atoms with van der Waals surface area (Å²) >= 11 is 0. The number of anilines is 1. The van der Waals surface area contributed by atoms with Gasteiger partial charge in [-0.05, 0) is 24.6 Å². The molecule has 0 amide bonds. The molecule has 1 heterocycles. The number of carboxylic acids is 1. The van der Waals surface area contributed by atoms with E-state index in [9.17, 15) is 13.2 Å². The fraction of sp³-hybridized carbons (Fsp3) is 0.267. The average molecular weight is 335 g/mol. The van der Waals surface area contributed by atoms with Gasteiger partial charge in [-0.25, -0.2) is 23.2 Å². The molecule has 8 heteroatoms. The number of rotatable bonds is 6. The summed E-state index contributed by atoms with van der Waals surface area (Å²) in [6.07, 6.45) is 2.52. The molecule has 1 atom stereocenters. The molecule has 2 rings (SSSR count). The Hall–Kier alpha value is -2.48. The lowest BCUT2D eigenvalue weighted by molar-refractivity contribution is 0.0690. The van der Waals surface area contributed by atoms with Gasteiger partial charge in [-0.2, -0.15) is 0 Å². The Morgan fingerprint density at radius 3 is 2.35 bits per heavy atom. The largest absolute Gasteiger partial charge is 0.476 e. The first-order valence-corrected chi connectivity index (χ1v) is 8.63. The number of aromatic carboxylic acids is 1. The number of nitrogens with zero attached hydrogens (tertiary/aromatic N) is 2. The van der Waals surface area contributed by atoms with Crippen LogP contribution in [0.5, 0.6) is 0 Å². The van der Waals surface area contributed by atoms with Crippen molar-refractivity contribution in [3.8, 4) is 0 Å². The summed E-state index contributed by atoms with van der Waals surface area (Å²) in [5.74, 6) is -0.636. The first-order chi connectivity index (χ1) is 10.8. The van der Waals surface area contributed by atoms with E-state index in [-0.39, 0.29) is 17.5 Å². The lowest BCUT2D eigenvalue weighted by Gasteiger charge is -2.15. The van der Waals surface area contributed by atoms with Crippen LogP contribution in [0, 0.1) is 0 Å². The summed E-state index contributed by atoms with van der Waals surface area (Å²) in [5.41, 5.74) is 0.751. The number of benzene rings is 1. The quantitative estimate of drug-likeness (QED) is 0.832. The van der Waals surface area contributed by atoms with Gasteiger partial charge in [-0.1, -0.05) is 19.1 Å². The smallest absolute Gasteiger partial charge is 0.356 e. The zero-order valence-corrected chi connectivity index (χ0v) is 13.5. The first-order valence-electron chi connectivity index (χ1n) is 6.98. The third-order valence-corrected chi connectivity index (χ3v) is 5.11. The Morgan fingerprint density at radius 1 is 1.22 bits per heavy atom. The van der Waals surface area contributed by atoms with E-state index in [1.165, 1.54) is 12.4 Å². The molecule has 0 radical (unpaired) electrons. The van der Waals surface area contributed by atoms with Gasteiger partial charge in [0.05, 0.1) is 23.0 Å². The number of hydrogen-bond acceptors (Lipinski definition) is 6. The molecule has 0 saturated heterocycles. The van der Waals surface area contributed by atoms with E-state index in [0.29, 0.717) is 10.7 Å². The maximum absolute atomic E-state index is 11.8. The molecular weight excluding hydrogens is 318 g/mol. The second-order valence-corrected chi connectivity index (χ2v) is 7.21. The van der Waals surface area contributed by atoms with E-state index in [1.54, 1.807) is 31.2 Å². The summed E-state index contributed by atoms with van der Waals surface area (Å²) in [6.45, 7) is 3.49. The van der Waals surface area contributed by atoms with E-state index < -0.39 is 15.8 Å². The van der Waals surface area contributed by atoms with Crippen molar-refractivity contribution in [1.29, 1.82) is 0 Å². The molecule has 0 saturated carbocycles. The van der Waals surface area contributed by atoms with Gasteiger partial charge in [0, 0.05) is 6.04 Å². The topological polar surface area (TPSA) is 109 Å². The molecule has 1 unspecified atom stereocenters. The number of aromatic nitrogens is 2. The zero-order chi connectivity index (χ0) is 17.0. The Balaban J connectivity index is 2.11. The van der Waals surface area contributed by atoms with Crippen molar-refractivity contribution in [1.82, 2.24) is 9.97 Å². The van der Waals surface area contributed by atoms with Crippen LogP contribution < -0.4 is 5.32 Å². The fourth-order valence-electron chi connectivity index (χ4n) is 1.95. The standard InChI is InChI=1S/C15H17N3O4S/c1-3-23(21,22)12-6-4-11(5-7-12)10(2)18-14-9-16-13(8-17-14)15(19)20/h4-10H,3H2,1-2H3,(H,17,18)(H,19,20). The summed E-state index contributed by atoms with van der Waals surface area (Å²) in [4.78, 5) is 18.8. The van der Waals surface area contributed by atoms with Crippen LogP contribution in [0.4, 0.5) is 5.82 Å². The van der Waals surface area contributed by atoms with Crippen molar-refractivity contribution in [3.63, 3.8) is 0 Å². The second kappa shape index (κ2) is 6.74. The van der Waals surface area contributed by atoms with Gasteiger partial charge in [0.15, 0.2) is 15.5 Å². The number of carbonyl (C=O) groups is 1. The Labute approximate surface area is 134 Å². The van der Waals surface area contributed by atoms with Crippen LogP contribution in [0.1, 0.15) is 35.9 Å². The molecule has 7 nitrogen and oxygen atoms in total. The first kappa shape index (κ1) is 16.9. The highest BCUT2D eigenvalue weighted by molar-refractivity contribution is 7.91. The number of hydrogen-bond donors (Lipinski definition) is 2. The van der Waals surface area contributed by atoms with Crippen LogP contribution in [0.25, 0.3) is 0 Å². The minimum absolute atomic E-state index is 0.0612. The highest BCUT2D eigenvalue weighted by Gasteiger charge is 2.13. The van der Waals surface area contributed by atoms with Crippen molar-refractivity contribution < 1.29 is 18.3 Å². The van der Waals surface area contributed by atoms with Gasteiger partial charge in [0.25, 0.3) is 0 Å². The lowest BCUT2D eigenvalue weighted by atomic mass is 10.1. The summed E-state index contributed by atoms with van der Waals surface area (Å²) in [6, 6.07) is 6.48. The van der Waals surface area contributed by atoms with E-state index in [2.05, 4.69) is 15.3 Å². The fourth-order valence-corrected chi connectivity index (χ4v) is 2.83. The molecule has 0 aliphatic carbocycles. The molecule has 0 bridgehead atoms. The summed E-state index contributed by atoms with van der Waals surface area (Å²) < 4.78 is 23.6. The maximum atomic E-state index is 11.8. The predicted molar refractivity (Wildman–Crippen MR) is 85.2 cm³/mol. The minimum atomic E-state index is -3.21. The Morgan fingerprint density at radius 2 is 1.87 bits per heavy atom. The summed E-state index contributed by atoms with van der Waals surface area (Å²) in [5, 5.41) is 11.9. The van der Waals surface area contributed by atoms with Crippen molar-refractivity contribution in [2.24, 2.45) is 0 Å². The van der Waals surface area contributed by atoms with Gasteiger partial charge < -0.3 is 10.4 Å². The molecular formula is C15H17N3O4S. The SMILES string of the molecule is CCS(=O)(=O)c1ccc(C(C)Nc2cnc(C(=O)O)cn2)cc1. The lowest BCUT2D eigenvalue weighted by Crippen LogP contribution is -2.10. The van der Waals surface area contributed by atoms with Crippen molar-refractivity contribution in [3.05, 3.63) is 47.9 Å². The van der Waals surface area contributed by atoms with Crippen LogP contribution >= 0.6 is 0 Å². The van der Waals surface area contributed by atoms with Crippen LogP contribution in [-0.4, -0.2) is 35.2 Å². The third kappa shape index (κ3) is 4.04. The number of carboxylic acid groups (broad SMARTS) is 1. The van der Waals surface area contributed by atoms with E-state index in [1.807, 2.05) is 6.92 Å². The summed E-state index contributed by atoms with van der Waals surface area (Å²) in [7, 11) is -3.21.